The van der Waals surface area contributed by atoms with Gasteiger partial charge in [-0.3, -0.25) is 4.79 Å². The zero-order valence-corrected chi connectivity index (χ0v) is 18.2. The molecular formula is C25H18ClFN2O4. The number of esters is 1. The van der Waals surface area contributed by atoms with Crippen LogP contribution in [0.25, 0.3) is 6.08 Å². The minimum absolute atomic E-state index is 0.136. The van der Waals surface area contributed by atoms with Gasteiger partial charge in [0.05, 0.1) is 17.7 Å². The third-order valence-electron chi connectivity index (χ3n) is 4.50. The molecule has 0 atom stereocenters. The van der Waals surface area contributed by atoms with Crippen LogP contribution >= 0.6 is 11.6 Å². The van der Waals surface area contributed by atoms with E-state index in [0.29, 0.717) is 27.6 Å². The molecule has 3 aromatic rings. The number of carbonyl (C=O) groups is 2. The van der Waals surface area contributed by atoms with E-state index in [1.165, 1.54) is 49.6 Å². The van der Waals surface area contributed by atoms with Crippen molar-refractivity contribution in [3.8, 4) is 11.8 Å². The second-order valence-corrected chi connectivity index (χ2v) is 7.21. The Labute approximate surface area is 194 Å². The first-order valence-electron chi connectivity index (χ1n) is 9.68. The number of halogens is 2. The Morgan fingerprint density at radius 1 is 1.09 bits per heavy atom. The average molecular weight is 465 g/mol. The maximum atomic E-state index is 13.0. The van der Waals surface area contributed by atoms with Crippen molar-refractivity contribution >= 4 is 35.2 Å². The molecule has 0 heterocycles. The predicted octanol–water partition coefficient (Wildman–Crippen LogP) is 5.39. The number of methoxy groups -OCH3 is 1. The topological polar surface area (TPSA) is 88.4 Å². The zero-order valence-electron chi connectivity index (χ0n) is 17.5. The highest BCUT2D eigenvalue weighted by Gasteiger charge is 2.12. The molecular weight excluding hydrogens is 447 g/mol. The van der Waals surface area contributed by atoms with Crippen LogP contribution < -0.4 is 10.1 Å². The van der Waals surface area contributed by atoms with Gasteiger partial charge in [0.15, 0.2) is 0 Å². The van der Waals surface area contributed by atoms with E-state index in [9.17, 15) is 19.2 Å². The first-order valence-corrected chi connectivity index (χ1v) is 10.1. The van der Waals surface area contributed by atoms with Crippen molar-refractivity contribution in [2.24, 2.45) is 0 Å². The fraction of sp³-hybridized carbons (Fsp3) is 0.0800. The van der Waals surface area contributed by atoms with Crippen molar-refractivity contribution in [2.75, 3.05) is 12.4 Å². The number of carbonyl (C=O) groups excluding carboxylic acids is 2. The molecule has 0 saturated carbocycles. The lowest BCUT2D eigenvalue weighted by Crippen LogP contribution is -2.13. The lowest BCUT2D eigenvalue weighted by molar-refractivity contribution is -0.112. The number of anilines is 1. The van der Waals surface area contributed by atoms with E-state index in [1.54, 1.807) is 30.3 Å². The molecule has 0 fully saturated rings. The van der Waals surface area contributed by atoms with E-state index < -0.39 is 11.9 Å². The summed E-state index contributed by atoms with van der Waals surface area (Å²) in [7, 11) is 1.28. The van der Waals surface area contributed by atoms with E-state index in [4.69, 9.17) is 16.3 Å². The van der Waals surface area contributed by atoms with Gasteiger partial charge < -0.3 is 14.8 Å². The Morgan fingerprint density at radius 2 is 1.79 bits per heavy atom. The Morgan fingerprint density at radius 3 is 2.39 bits per heavy atom. The van der Waals surface area contributed by atoms with Gasteiger partial charge in [0, 0.05) is 5.69 Å². The molecule has 33 heavy (non-hydrogen) atoms. The highest BCUT2D eigenvalue weighted by atomic mass is 35.5. The lowest BCUT2D eigenvalue weighted by atomic mass is 10.1. The Kier molecular flexibility index (Phi) is 7.79. The molecule has 0 aliphatic heterocycles. The molecule has 3 rings (SSSR count). The number of ether oxygens (including phenoxy) is 2. The Balaban J connectivity index is 1.67. The molecule has 0 unspecified atom stereocenters. The van der Waals surface area contributed by atoms with Crippen molar-refractivity contribution in [3.05, 3.63) is 99.8 Å². The fourth-order valence-corrected chi connectivity index (χ4v) is 3.03. The largest absolute Gasteiger partial charge is 0.487 e. The van der Waals surface area contributed by atoms with Gasteiger partial charge in [0.1, 0.15) is 29.8 Å². The molecule has 1 N–H and O–H groups in total. The highest BCUT2D eigenvalue weighted by molar-refractivity contribution is 6.32. The van der Waals surface area contributed by atoms with Crippen molar-refractivity contribution in [1.82, 2.24) is 0 Å². The summed E-state index contributed by atoms with van der Waals surface area (Å²) in [6, 6.07) is 18.7. The molecule has 0 saturated heterocycles. The van der Waals surface area contributed by atoms with Gasteiger partial charge >= 0.3 is 5.97 Å². The molecule has 8 heteroatoms. The third kappa shape index (κ3) is 6.42. The molecule has 0 aromatic heterocycles. The third-order valence-corrected chi connectivity index (χ3v) is 4.80. The molecule has 6 nitrogen and oxygen atoms in total. The number of nitriles is 1. The van der Waals surface area contributed by atoms with E-state index in [-0.39, 0.29) is 18.0 Å². The lowest BCUT2D eigenvalue weighted by Gasteiger charge is -2.09. The van der Waals surface area contributed by atoms with Gasteiger partial charge in [-0.15, -0.1) is 0 Å². The number of amides is 1. The summed E-state index contributed by atoms with van der Waals surface area (Å²) in [5.41, 5.74) is 1.92. The molecule has 0 spiro atoms. The van der Waals surface area contributed by atoms with Gasteiger partial charge in [-0.2, -0.15) is 5.26 Å². The first kappa shape index (κ1) is 23.5. The van der Waals surface area contributed by atoms with E-state index in [1.807, 2.05) is 6.07 Å². The zero-order chi connectivity index (χ0) is 23.8. The molecule has 0 radical (unpaired) electrons. The summed E-state index contributed by atoms with van der Waals surface area (Å²) >= 11 is 6.27. The Hall–Kier alpha value is -4.15. The van der Waals surface area contributed by atoms with Gasteiger partial charge in [-0.1, -0.05) is 29.8 Å². The molecule has 0 aliphatic rings. The smallest absolute Gasteiger partial charge is 0.337 e. The van der Waals surface area contributed by atoms with Crippen molar-refractivity contribution in [2.45, 2.75) is 6.61 Å². The standard InChI is InChI=1S/C25H18ClFN2O4/c1-32-25(31)18-5-9-21(10-6-18)29-24(30)19(14-28)12-17-4-11-23(22(26)13-17)33-15-16-2-7-20(27)8-3-16/h2-13H,15H2,1H3,(H,29,30)/b19-12+. The van der Waals surface area contributed by atoms with E-state index in [2.05, 4.69) is 10.1 Å². The fourth-order valence-electron chi connectivity index (χ4n) is 2.79. The first-order chi connectivity index (χ1) is 15.9. The maximum absolute atomic E-state index is 13.0. The van der Waals surface area contributed by atoms with Crippen molar-refractivity contribution in [3.63, 3.8) is 0 Å². The van der Waals surface area contributed by atoms with Crippen LogP contribution in [0.1, 0.15) is 21.5 Å². The predicted molar refractivity (Wildman–Crippen MR) is 122 cm³/mol. The number of nitrogens with one attached hydrogen (secondary N) is 1. The normalized spacial score (nSPS) is 10.8. The van der Waals surface area contributed by atoms with Crippen molar-refractivity contribution < 1.29 is 23.5 Å². The number of hydrogen-bond donors (Lipinski definition) is 1. The minimum Gasteiger partial charge on any atom is -0.487 e. The summed E-state index contributed by atoms with van der Waals surface area (Å²) in [6.45, 7) is 0.204. The number of benzene rings is 3. The summed E-state index contributed by atoms with van der Waals surface area (Å²) < 4.78 is 23.3. The van der Waals surface area contributed by atoms with Crippen LogP contribution in [0.15, 0.2) is 72.3 Å². The van der Waals surface area contributed by atoms with Crippen molar-refractivity contribution in [1.29, 1.82) is 5.26 Å². The number of nitrogens with zero attached hydrogens (tertiary/aromatic N) is 1. The summed E-state index contributed by atoms with van der Waals surface area (Å²) in [4.78, 5) is 24.0. The second-order valence-electron chi connectivity index (χ2n) is 6.80. The number of rotatable bonds is 7. The molecule has 1 amide bonds. The van der Waals surface area contributed by atoms with Crippen LogP contribution in [0, 0.1) is 17.1 Å². The van der Waals surface area contributed by atoms with Gasteiger partial charge in [0.2, 0.25) is 0 Å². The van der Waals surface area contributed by atoms with Gasteiger partial charge in [-0.25, -0.2) is 9.18 Å². The SMILES string of the molecule is COC(=O)c1ccc(NC(=O)/C(C#N)=C/c2ccc(OCc3ccc(F)cc3)c(Cl)c2)cc1. The van der Waals surface area contributed by atoms with Crippen LogP contribution in [-0.2, 0) is 16.1 Å². The van der Waals surface area contributed by atoms with E-state index in [0.717, 1.165) is 5.56 Å². The average Bonchev–Trinajstić information content (AvgIpc) is 2.83. The quantitative estimate of drug-likeness (QED) is 0.287. The molecule has 3 aromatic carbocycles. The molecule has 0 aliphatic carbocycles. The van der Waals surface area contributed by atoms with Crippen LogP contribution in [0.5, 0.6) is 5.75 Å². The molecule has 0 bridgehead atoms. The summed E-state index contributed by atoms with van der Waals surface area (Å²) in [5.74, 6) is -1.03. The van der Waals surface area contributed by atoms with Crippen LogP contribution in [0.4, 0.5) is 10.1 Å². The summed E-state index contributed by atoms with van der Waals surface area (Å²) in [6.07, 6.45) is 1.40. The van der Waals surface area contributed by atoms with Gasteiger partial charge in [0.25, 0.3) is 5.91 Å². The highest BCUT2D eigenvalue weighted by Crippen LogP contribution is 2.27. The van der Waals surface area contributed by atoms with E-state index >= 15 is 0 Å². The Bertz CT molecular complexity index is 1230. The van der Waals surface area contributed by atoms with Gasteiger partial charge in [-0.05, 0) is 65.7 Å². The van der Waals surface area contributed by atoms with Crippen LogP contribution in [-0.4, -0.2) is 19.0 Å². The monoisotopic (exact) mass is 464 g/mol. The summed E-state index contributed by atoms with van der Waals surface area (Å²) in [5, 5.41) is 12.3. The second kappa shape index (κ2) is 10.9. The van der Waals surface area contributed by atoms with Crippen LogP contribution in [0.3, 0.4) is 0 Å². The van der Waals surface area contributed by atoms with Crippen LogP contribution in [0.2, 0.25) is 5.02 Å². The molecule has 166 valence electrons. The maximum Gasteiger partial charge on any atom is 0.337 e. The minimum atomic E-state index is -0.615. The number of hydrogen-bond acceptors (Lipinski definition) is 5.